The maximum Gasteiger partial charge on any atom is 0.240 e. The van der Waals surface area contributed by atoms with Gasteiger partial charge < -0.3 is 14.4 Å². The quantitative estimate of drug-likeness (QED) is 0.880. The number of ether oxygens (including phenoxy) is 2. The van der Waals surface area contributed by atoms with Crippen molar-refractivity contribution in [1.29, 1.82) is 0 Å². The summed E-state index contributed by atoms with van der Waals surface area (Å²) in [6.07, 6.45) is 2.01. The second-order valence-electron chi connectivity index (χ2n) is 5.67. The van der Waals surface area contributed by atoms with E-state index in [4.69, 9.17) is 9.47 Å². The number of hydrogen-bond donors (Lipinski definition) is 1. The number of fused-ring (bicyclic) bond motifs is 1. The van der Waals surface area contributed by atoms with E-state index < -0.39 is 10.0 Å². The fourth-order valence-electron chi connectivity index (χ4n) is 2.69. The molecule has 1 atom stereocenters. The van der Waals surface area contributed by atoms with Gasteiger partial charge in [0.05, 0.1) is 29.7 Å². The van der Waals surface area contributed by atoms with Gasteiger partial charge in [0.25, 0.3) is 0 Å². The fourth-order valence-corrected chi connectivity index (χ4v) is 3.78. The van der Waals surface area contributed by atoms with Crippen LogP contribution in [0.2, 0.25) is 0 Å². The monoisotopic (exact) mass is 340 g/mol. The van der Waals surface area contributed by atoms with Crippen LogP contribution in [-0.2, 0) is 19.6 Å². The molecular formula is C15H20N2O5S. The lowest BCUT2D eigenvalue weighted by Crippen LogP contribution is -2.32. The van der Waals surface area contributed by atoms with Crippen molar-refractivity contribution < 1.29 is 22.7 Å². The van der Waals surface area contributed by atoms with Gasteiger partial charge in [0.15, 0.2) is 0 Å². The minimum atomic E-state index is -3.66. The lowest BCUT2D eigenvalue weighted by molar-refractivity contribution is -0.118. The van der Waals surface area contributed by atoms with Crippen LogP contribution in [0.15, 0.2) is 23.1 Å². The molecule has 3 rings (SSSR count). The summed E-state index contributed by atoms with van der Waals surface area (Å²) in [7, 11) is -2.04. The zero-order chi connectivity index (χ0) is 16.4. The summed E-state index contributed by atoms with van der Waals surface area (Å²) in [6, 6.07) is 4.54. The summed E-state index contributed by atoms with van der Waals surface area (Å²) in [6.45, 7) is 1.22. The highest BCUT2D eigenvalue weighted by Crippen LogP contribution is 2.32. The molecule has 126 valence electrons. The van der Waals surface area contributed by atoms with E-state index in [1.165, 1.54) is 17.0 Å². The molecule has 0 bridgehead atoms. The first-order valence-corrected chi connectivity index (χ1v) is 9.10. The lowest BCUT2D eigenvalue weighted by atomic mass is 10.2. The highest BCUT2D eigenvalue weighted by molar-refractivity contribution is 7.89. The summed E-state index contributed by atoms with van der Waals surface area (Å²) in [5.41, 5.74) is 0.465. The zero-order valence-corrected chi connectivity index (χ0v) is 13.8. The number of benzene rings is 1. The van der Waals surface area contributed by atoms with Crippen LogP contribution in [0.1, 0.15) is 19.3 Å². The number of carbonyl (C=O) groups excluding carboxylic acids is 1. The molecule has 0 spiro atoms. The van der Waals surface area contributed by atoms with E-state index in [1.807, 2.05) is 0 Å². The molecule has 2 aliphatic rings. The first-order valence-electron chi connectivity index (χ1n) is 7.62. The van der Waals surface area contributed by atoms with Gasteiger partial charge in [-0.05, 0) is 31.0 Å². The van der Waals surface area contributed by atoms with Gasteiger partial charge in [-0.1, -0.05) is 0 Å². The standard InChI is InChI=1S/C15H20N2O5S/c1-17-13-9-12(4-5-14(13)22-8-6-15(17)18)23(19,20)16-10-11-3-2-7-21-11/h4-5,9,11,16H,2-3,6-8,10H2,1H3. The molecule has 2 aliphatic heterocycles. The lowest BCUT2D eigenvalue weighted by Gasteiger charge is -2.18. The van der Waals surface area contributed by atoms with Crippen molar-refractivity contribution in [2.45, 2.75) is 30.3 Å². The molecule has 1 aromatic carbocycles. The minimum Gasteiger partial charge on any atom is -0.491 e. The van der Waals surface area contributed by atoms with Gasteiger partial charge in [0.2, 0.25) is 15.9 Å². The molecule has 0 aliphatic carbocycles. The largest absolute Gasteiger partial charge is 0.491 e. The van der Waals surface area contributed by atoms with Crippen LogP contribution in [-0.4, -0.2) is 47.2 Å². The number of sulfonamides is 1. The van der Waals surface area contributed by atoms with Crippen LogP contribution in [0.3, 0.4) is 0 Å². The highest BCUT2D eigenvalue weighted by Gasteiger charge is 2.24. The Morgan fingerprint density at radius 2 is 2.17 bits per heavy atom. The van der Waals surface area contributed by atoms with E-state index >= 15 is 0 Å². The molecule has 1 unspecified atom stereocenters. The number of anilines is 1. The summed E-state index contributed by atoms with van der Waals surface area (Å²) >= 11 is 0. The predicted octanol–water partition coefficient (Wildman–Crippen LogP) is 0.889. The van der Waals surface area contributed by atoms with E-state index in [9.17, 15) is 13.2 Å². The van der Waals surface area contributed by atoms with Gasteiger partial charge in [-0.15, -0.1) is 0 Å². The second-order valence-corrected chi connectivity index (χ2v) is 7.43. The molecule has 0 aromatic heterocycles. The maximum atomic E-state index is 12.4. The molecule has 0 saturated carbocycles. The van der Waals surface area contributed by atoms with Crippen molar-refractivity contribution in [1.82, 2.24) is 4.72 Å². The normalized spacial score (nSPS) is 21.7. The maximum absolute atomic E-state index is 12.4. The van der Waals surface area contributed by atoms with Crippen LogP contribution in [0.4, 0.5) is 5.69 Å². The zero-order valence-electron chi connectivity index (χ0n) is 12.9. The Kier molecular flexibility index (Phi) is 4.56. The number of nitrogens with zero attached hydrogens (tertiary/aromatic N) is 1. The van der Waals surface area contributed by atoms with Crippen molar-refractivity contribution >= 4 is 21.6 Å². The summed E-state index contributed by atoms with van der Waals surface area (Å²) in [4.78, 5) is 13.4. The average molecular weight is 340 g/mol. The molecule has 1 amide bonds. The number of nitrogens with one attached hydrogen (secondary N) is 1. The Morgan fingerprint density at radius 1 is 1.35 bits per heavy atom. The van der Waals surface area contributed by atoms with Gasteiger partial charge in [0, 0.05) is 20.2 Å². The first kappa shape index (κ1) is 16.2. The van der Waals surface area contributed by atoms with Crippen LogP contribution < -0.4 is 14.4 Å². The Labute approximate surface area is 135 Å². The number of amides is 1. The van der Waals surface area contributed by atoms with Crippen LogP contribution >= 0.6 is 0 Å². The van der Waals surface area contributed by atoms with E-state index in [-0.39, 0.29) is 29.9 Å². The minimum absolute atomic E-state index is 0.0711. The topological polar surface area (TPSA) is 84.9 Å². The predicted molar refractivity (Wildman–Crippen MR) is 84.1 cm³/mol. The Bertz CT molecular complexity index is 698. The Balaban J connectivity index is 1.82. The fraction of sp³-hybridized carbons (Fsp3) is 0.533. The van der Waals surface area contributed by atoms with Gasteiger partial charge in [-0.2, -0.15) is 0 Å². The van der Waals surface area contributed by atoms with Crippen LogP contribution in [0.25, 0.3) is 0 Å². The third-order valence-electron chi connectivity index (χ3n) is 4.07. The Hall–Kier alpha value is -1.64. The number of rotatable bonds is 4. The molecule has 1 N–H and O–H groups in total. The van der Waals surface area contributed by atoms with Gasteiger partial charge >= 0.3 is 0 Å². The molecule has 8 heteroatoms. The van der Waals surface area contributed by atoms with E-state index in [2.05, 4.69) is 4.72 Å². The third kappa shape index (κ3) is 3.49. The average Bonchev–Trinajstić information content (AvgIpc) is 3.01. The SMILES string of the molecule is CN1C(=O)CCOc2ccc(S(=O)(=O)NCC3CCCO3)cc21. The molecule has 2 heterocycles. The molecule has 0 radical (unpaired) electrons. The smallest absolute Gasteiger partial charge is 0.240 e. The molecule has 1 aromatic rings. The molecule has 1 saturated heterocycles. The van der Waals surface area contributed by atoms with Crippen molar-refractivity contribution in [2.24, 2.45) is 0 Å². The van der Waals surface area contributed by atoms with Gasteiger partial charge in [-0.3, -0.25) is 4.79 Å². The molecule has 23 heavy (non-hydrogen) atoms. The highest BCUT2D eigenvalue weighted by atomic mass is 32.2. The van der Waals surface area contributed by atoms with Crippen molar-refractivity contribution in [3.8, 4) is 5.75 Å². The summed E-state index contributed by atoms with van der Waals surface area (Å²) < 4.78 is 38.4. The van der Waals surface area contributed by atoms with E-state index in [0.29, 0.717) is 24.7 Å². The summed E-state index contributed by atoms with van der Waals surface area (Å²) in [5.74, 6) is 0.405. The van der Waals surface area contributed by atoms with Crippen molar-refractivity contribution in [3.63, 3.8) is 0 Å². The first-order chi connectivity index (χ1) is 11.0. The van der Waals surface area contributed by atoms with Crippen LogP contribution in [0, 0.1) is 0 Å². The third-order valence-corrected chi connectivity index (χ3v) is 5.50. The molecule has 1 fully saturated rings. The van der Waals surface area contributed by atoms with Gasteiger partial charge in [0.1, 0.15) is 5.75 Å². The van der Waals surface area contributed by atoms with Crippen LogP contribution in [0.5, 0.6) is 5.75 Å². The molecular weight excluding hydrogens is 320 g/mol. The van der Waals surface area contributed by atoms with E-state index in [1.54, 1.807) is 13.1 Å². The van der Waals surface area contributed by atoms with E-state index in [0.717, 1.165) is 12.8 Å². The number of hydrogen-bond acceptors (Lipinski definition) is 5. The number of carbonyl (C=O) groups is 1. The van der Waals surface area contributed by atoms with Crippen molar-refractivity contribution in [2.75, 3.05) is 31.7 Å². The Morgan fingerprint density at radius 3 is 2.91 bits per heavy atom. The van der Waals surface area contributed by atoms with Crippen molar-refractivity contribution in [3.05, 3.63) is 18.2 Å². The summed E-state index contributed by atoms with van der Waals surface area (Å²) in [5, 5.41) is 0. The second kappa shape index (κ2) is 6.46. The molecule has 7 nitrogen and oxygen atoms in total. The van der Waals surface area contributed by atoms with Gasteiger partial charge in [-0.25, -0.2) is 13.1 Å².